The van der Waals surface area contributed by atoms with Gasteiger partial charge in [0.25, 0.3) is 0 Å². The van der Waals surface area contributed by atoms with Gasteiger partial charge in [0, 0.05) is 10.5 Å². The number of hydrogen-bond acceptors (Lipinski definition) is 6. The first-order valence-electron chi connectivity index (χ1n) is 10.2. The molecule has 33 heavy (non-hydrogen) atoms. The van der Waals surface area contributed by atoms with Crippen molar-refractivity contribution in [3.05, 3.63) is 66.3 Å². The zero-order valence-electron chi connectivity index (χ0n) is 17.5. The van der Waals surface area contributed by atoms with E-state index in [2.05, 4.69) is 14.1 Å². The van der Waals surface area contributed by atoms with E-state index in [9.17, 15) is 19.8 Å². The summed E-state index contributed by atoms with van der Waals surface area (Å²) in [5, 5.41) is 18.6. The molecule has 2 aliphatic rings. The number of carbonyl (C=O) groups is 2. The van der Waals surface area contributed by atoms with Gasteiger partial charge in [-0.25, -0.2) is 23.2 Å². The van der Waals surface area contributed by atoms with Gasteiger partial charge in [0.15, 0.2) is 26.2 Å². The maximum absolute atomic E-state index is 11.4. The Morgan fingerprint density at radius 3 is 2.06 bits per heavy atom. The van der Waals surface area contributed by atoms with Crippen LogP contribution < -0.4 is 15.0 Å². The van der Waals surface area contributed by atoms with E-state index in [1.807, 2.05) is 36.7 Å². The van der Waals surface area contributed by atoms with Gasteiger partial charge >= 0.3 is 29.9 Å². The van der Waals surface area contributed by atoms with E-state index in [0.29, 0.717) is 24.1 Å². The standard InChI is InChI=1S/C20H21N6O6S/c21-31-32-33-15-3-1-14(2-4-15)11-26-12-16-22(9-18(27)28)5-7-24(16)20(26)25-8-6-23(10-19(29)30)17(25)13-26/h1-8,20H,9-13,21H2/q+1/p+2. The summed E-state index contributed by atoms with van der Waals surface area (Å²) < 4.78 is 13.0. The number of quaternary nitrogens is 1. The number of imidazole rings is 2. The lowest BCUT2D eigenvalue weighted by Crippen LogP contribution is -2.47. The van der Waals surface area contributed by atoms with Crippen molar-refractivity contribution in [3.63, 3.8) is 0 Å². The number of rotatable bonds is 9. The molecule has 0 aliphatic carbocycles. The number of hydrogen-bond donors (Lipinski definition) is 3. The first kappa shape index (κ1) is 21.6. The molecule has 0 amide bonds. The molecule has 4 heterocycles. The third-order valence-electron chi connectivity index (χ3n) is 6.18. The fraction of sp³-hybridized carbons (Fsp3) is 0.300. The number of fused-ring (bicyclic) bond motifs is 5. The van der Waals surface area contributed by atoms with Crippen molar-refractivity contribution in [2.45, 2.75) is 43.9 Å². The fourth-order valence-corrected chi connectivity index (χ4v) is 5.37. The number of aromatic nitrogens is 4. The molecule has 0 fully saturated rings. The number of carboxylic acid groups (broad SMARTS) is 2. The van der Waals surface area contributed by atoms with Crippen molar-refractivity contribution < 1.29 is 42.7 Å². The maximum Gasteiger partial charge on any atom is 0.381 e. The molecule has 2 aliphatic heterocycles. The number of nitrogens with two attached hydrogens (primary N) is 1. The average molecular weight is 476 g/mol. The molecule has 172 valence electrons. The Balaban J connectivity index is 1.51. The maximum atomic E-state index is 11.4. The lowest BCUT2D eigenvalue weighted by molar-refractivity contribution is -0.994. The molecular weight excluding hydrogens is 452 g/mol. The summed E-state index contributed by atoms with van der Waals surface area (Å²) >= 11 is 1.01. The Morgan fingerprint density at radius 2 is 1.58 bits per heavy atom. The lowest BCUT2D eigenvalue weighted by atomic mass is 10.2. The van der Waals surface area contributed by atoms with Crippen molar-refractivity contribution in [1.29, 1.82) is 0 Å². The van der Waals surface area contributed by atoms with Gasteiger partial charge in [0.1, 0.15) is 31.3 Å². The van der Waals surface area contributed by atoms with Gasteiger partial charge in [0.2, 0.25) is 0 Å². The highest BCUT2D eigenvalue weighted by molar-refractivity contribution is 7.94. The molecule has 0 radical (unpaired) electrons. The Morgan fingerprint density at radius 1 is 1.03 bits per heavy atom. The van der Waals surface area contributed by atoms with Gasteiger partial charge in [-0.1, -0.05) is 12.1 Å². The van der Waals surface area contributed by atoms with Crippen LogP contribution in [0, 0.1) is 0 Å². The first-order chi connectivity index (χ1) is 15.9. The zero-order valence-corrected chi connectivity index (χ0v) is 18.3. The fourth-order valence-electron chi connectivity index (χ4n) is 5.00. The largest absolute Gasteiger partial charge is 0.478 e. The van der Waals surface area contributed by atoms with Crippen LogP contribution in [0.3, 0.4) is 0 Å². The molecular formula is C20H23N6O6S+3. The molecule has 0 spiro atoms. The molecule has 0 atom stereocenters. The van der Waals surface area contributed by atoms with Crippen LogP contribution >= 0.6 is 12.0 Å². The summed E-state index contributed by atoms with van der Waals surface area (Å²) in [6.45, 7) is 1.68. The van der Waals surface area contributed by atoms with E-state index in [0.717, 1.165) is 34.2 Å². The van der Waals surface area contributed by atoms with Crippen LogP contribution in [0.15, 0.2) is 53.9 Å². The van der Waals surface area contributed by atoms with E-state index >= 15 is 0 Å². The smallest absolute Gasteiger partial charge is 0.381 e. The SMILES string of the molecule is NOOSc1ccc(C[N+]23Cc4n(cc[n+]4CC(=O)O)C2n2cc[n+](CC(=O)O)c2C3)cc1. The van der Waals surface area contributed by atoms with Crippen LogP contribution in [0.2, 0.25) is 0 Å². The van der Waals surface area contributed by atoms with E-state index < -0.39 is 11.9 Å². The van der Waals surface area contributed by atoms with Gasteiger partial charge in [-0.2, -0.15) is 5.90 Å². The van der Waals surface area contributed by atoms with Crippen LogP contribution in [-0.2, 0) is 51.6 Å². The topological polar surface area (TPSA) is 137 Å². The normalized spacial score (nSPS) is 20.5. The van der Waals surface area contributed by atoms with Gasteiger partial charge in [0.05, 0.1) is 12.0 Å². The third kappa shape index (κ3) is 3.79. The summed E-state index contributed by atoms with van der Waals surface area (Å²) in [5.41, 5.74) is 1.09. The Kier molecular flexibility index (Phi) is 5.42. The molecule has 0 saturated heterocycles. The summed E-state index contributed by atoms with van der Waals surface area (Å²) in [5.74, 6) is 4.94. The second kappa shape index (κ2) is 8.28. The summed E-state index contributed by atoms with van der Waals surface area (Å²) in [6.07, 6.45) is 7.25. The lowest BCUT2D eigenvalue weighted by Gasteiger charge is -2.28. The predicted octanol–water partition coefficient (Wildman–Crippen LogP) is -0.0886. The highest BCUT2D eigenvalue weighted by Crippen LogP contribution is 2.43. The van der Waals surface area contributed by atoms with Gasteiger partial charge in [-0.3, -0.25) is 0 Å². The quantitative estimate of drug-likeness (QED) is 0.128. The van der Waals surface area contributed by atoms with Crippen LogP contribution in [0.25, 0.3) is 0 Å². The average Bonchev–Trinajstić information content (AvgIpc) is 3.46. The number of benzene rings is 1. The van der Waals surface area contributed by atoms with Crippen LogP contribution in [0.4, 0.5) is 0 Å². The molecule has 0 bridgehead atoms. The number of nitrogens with zero attached hydrogens (tertiary/aromatic N) is 5. The molecule has 5 rings (SSSR count). The minimum Gasteiger partial charge on any atom is -0.478 e. The molecule has 1 aromatic carbocycles. The van der Waals surface area contributed by atoms with Gasteiger partial charge in [-0.15, -0.1) is 18.5 Å². The molecule has 0 saturated carbocycles. The third-order valence-corrected chi connectivity index (χ3v) is 6.79. The van der Waals surface area contributed by atoms with E-state index in [1.165, 1.54) is 0 Å². The van der Waals surface area contributed by atoms with E-state index in [-0.39, 0.29) is 19.4 Å². The first-order valence-corrected chi connectivity index (χ1v) is 10.9. The summed E-state index contributed by atoms with van der Waals surface area (Å²) in [6, 6.07) is 7.83. The Hall–Kier alpha value is -3.23. The van der Waals surface area contributed by atoms with Crippen molar-refractivity contribution >= 4 is 24.0 Å². The van der Waals surface area contributed by atoms with Crippen molar-refractivity contribution in [2.75, 3.05) is 0 Å². The molecule has 4 N–H and O–H groups in total. The minimum atomic E-state index is -0.898. The van der Waals surface area contributed by atoms with Crippen molar-refractivity contribution in [2.24, 2.45) is 5.90 Å². The Labute approximate surface area is 192 Å². The van der Waals surface area contributed by atoms with Crippen molar-refractivity contribution in [3.8, 4) is 0 Å². The molecule has 0 unspecified atom stereocenters. The van der Waals surface area contributed by atoms with E-state index in [4.69, 9.17) is 10.2 Å². The highest BCUT2D eigenvalue weighted by atomic mass is 32.2. The molecule has 2 aromatic heterocycles. The Bertz CT molecular complexity index is 1160. The zero-order chi connectivity index (χ0) is 23.2. The molecule has 13 heteroatoms. The van der Waals surface area contributed by atoms with E-state index in [1.54, 1.807) is 21.5 Å². The van der Waals surface area contributed by atoms with Crippen LogP contribution in [0.1, 0.15) is 23.5 Å². The molecule has 3 aromatic rings. The van der Waals surface area contributed by atoms with Gasteiger partial charge in [-0.05, 0) is 12.1 Å². The number of aliphatic carboxylic acids is 2. The summed E-state index contributed by atoms with van der Waals surface area (Å²) in [7, 11) is 0. The van der Waals surface area contributed by atoms with Crippen LogP contribution in [0.5, 0.6) is 0 Å². The van der Waals surface area contributed by atoms with Gasteiger partial charge < -0.3 is 10.2 Å². The second-order valence-corrected chi connectivity index (χ2v) is 8.99. The van der Waals surface area contributed by atoms with Crippen LogP contribution in [-0.4, -0.2) is 35.8 Å². The summed E-state index contributed by atoms with van der Waals surface area (Å²) in [4.78, 5) is 27.7. The molecule has 12 nitrogen and oxygen atoms in total. The second-order valence-electron chi connectivity index (χ2n) is 8.22. The predicted molar refractivity (Wildman–Crippen MR) is 109 cm³/mol. The monoisotopic (exact) mass is 475 g/mol. The minimum absolute atomic E-state index is 0.109. The number of carboxylic acids is 2. The highest BCUT2D eigenvalue weighted by Gasteiger charge is 2.63. The van der Waals surface area contributed by atoms with Crippen molar-refractivity contribution in [1.82, 2.24) is 9.13 Å².